The van der Waals surface area contributed by atoms with E-state index in [9.17, 15) is 8.42 Å². The van der Waals surface area contributed by atoms with E-state index in [2.05, 4.69) is 0 Å². The van der Waals surface area contributed by atoms with E-state index in [1.54, 1.807) is 24.3 Å². The molecule has 1 aromatic carbocycles. The van der Waals surface area contributed by atoms with E-state index in [4.69, 9.17) is 10.5 Å². The van der Waals surface area contributed by atoms with Gasteiger partial charge in [-0.15, -0.1) is 0 Å². The quantitative estimate of drug-likeness (QED) is 0.642. The Hall–Kier alpha value is -1.37. The summed E-state index contributed by atoms with van der Waals surface area (Å²) < 4.78 is 32.0. The normalized spacial score (nSPS) is 16.6. The van der Waals surface area contributed by atoms with Gasteiger partial charge in [0.25, 0.3) is 0 Å². The van der Waals surface area contributed by atoms with Crippen molar-refractivity contribution in [3.05, 3.63) is 35.9 Å². The Bertz CT molecular complexity index is 594. The van der Waals surface area contributed by atoms with Gasteiger partial charge in [0.2, 0.25) is 10.0 Å². The number of ether oxygens (including phenoxy) is 1. The maximum absolute atomic E-state index is 12.5. The van der Waals surface area contributed by atoms with E-state index in [0.29, 0.717) is 36.9 Å². The molecule has 2 rings (SSSR count). The van der Waals surface area contributed by atoms with Gasteiger partial charge in [0.05, 0.1) is 11.5 Å². The van der Waals surface area contributed by atoms with Gasteiger partial charge < -0.3 is 10.5 Å². The minimum Gasteiger partial charge on any atom is -0.494 e. The van der Waals surface area contributed by atoms with Gasteiger partial charge >= 0.3 is 0 Å². The van der Waals surface area contributed by atoms with Crippen LogP contribution in [-0.2, 0) is 10.0 Å². The molecule has 0 fully saturated rings. The van der Waals surface area contributed by atoms with E-state index in [0.717, 1.165) is 12.8 Å². The second-order valence-electron chi connectivity index (χ2n) is 5.13. The molecule has 0 unspecified atom stereocenters. The second-order valence-corrected chi connectivity index (χ2v) is 7.06. The highest BCUT2D eigenvalue weighted by molar-refractivity contribution is 7.89. The zero-order chi connectivity index (χ0) is 15.3. The van der Waals surface area contributed by atoms with Crippen LogP contribution in [0.3, 0.4) is 0 Å². The second kappa shape index (κ2) is 7.06. The van der Waals surface area contributed by atoms with Gasteiger partial charge in [-0.25, -0.2) is 8.42 Å². The lowest BCUT2D eigenvalue weighted by Crippen LogP contribution is -2.34. The van der Waals surface area contributed by atoms with Crippen molar-refractivity contribution < 1.29 is 13.2 Å². The Labute approximate surface area is 126 Å². The van der Waals surface area contributed by atoms with Crippen molar-refractivity contribution in [3.63, 3.8) is 0 Å². The standard InChI is InChI=1S/C15H22N2O3S/c1-13-7-10-17(11-8-13)21(18,19)15-5-3-14(4-6-15)20-12-2-9-16/h3-7H,2,8-12,16H2,1H3. The molecular formula is C15H22N2O3S. The first-order valence-electron chi connectivity index (χ1n) is 7.13. The van der Waals surface area contributed by atoms with Crippen LogP contribution in [0.2, 0.25) is 0 Å². The fourth-order valence-corrected chi connectivity index (χ4v) is 3.48. The molecule has 1 aromatic rings. The molecule has 0 atom stereocenters. The third-order valence-corrected chi connectivity index (χ3v) is 5.36. The maximum atomic E-state index is 12.5. The summed E-state index contributed by atoms with van der Waals surface area (Å²) in [6, 6.07) is 6.57. The number of nitrogens with two attached hydrogens (primary N) is 1. The highest BCUT2D eigenvalue weighted by atomic mass is 32.2. The van der Waals surface area contributed by atoms with Crippen molar-refractivity contribution in [1.82, 2.24) is 4.31 Å². The predicted molar refractivity (Wildman–Crippen MR) is 82.7 cm³/mol. The van der Waals surface area contributed by atoms with E-state index in [1.807, 2.05) is 13.0 Å². The Kier molecular flexibility index (Phi) is 5.39. The van der Waals surface area contributed by atoms with Gasteiger partial charge in [-0.2, -0.15) is 4.31 Å². The zero-order valence-electron chi connectivity index (χ0n) is 12.3. The Morgan fingerprint density at radius 3 is 2.57 bits per heavy atom. The van der Waals surface area contributed by atoms with Crippen LogP contribution in [0.15, 0.2) is 40.8 Å². The van der Waals surface area contributed by atoms with Gasteiger partial charge in [-0.1, -0.05) is 11.6 Å². The molecule has 6 heteroatoms. The molecule has 2 N–H and O–H groups in total. The molecule has 116 valence electrons. The van der Waals surface area contributed by atoms with Gasteiger partial charge in [-0.05, 0) is 50.6 Å². The first-order valence-corrected chi connectivity index (χ1v) is 8.57. The van der Waals surface area contributed by atoms with Gasteiger partial charge in [-0.3, -0.25) is 0 Å². The smallest absolute Gasteiger partial charge is 0.243 e. The molecule has 0 saturated carbocycles. The molecule has 0 saturated heterocycles. The van der Waals surface area contributed by atoms with Crippen molar-refractivity contribution in [2.24, 2.45) is 5.73 Å². The molecule has 0 bridgehead atoms. The van der Waals surface area contributed by atoms with E-state index >= 15 is 0 Å². The van der Waals surface area contributed by atoms with Crippen molar-refractivity contribution in [2.45, 2.75) is 24.7 Å². The summed E-state index contributed by atoms with van der Waals surface area (Å²) in [5.74, 6) is 0.664. The lowest BCUT2D eigenvalue weighted by Gasteiger charge is -2.24. The summed E-state index contributed by atoms with van der Waals surface area (Å²) in [6.45, 7) is 4.13. The molecule has 0 radical (unpaired) electrons. The van der Waals surface area contributed by atoms with Crippen LogP contribution < -0.4 is 10.5 Å². The number of nitrogens with zero attached hydrogens (tertiary/aromatic N) is 1. The molecule has 0 spiro atoms. The summed E-state index contributed by atoms with van der Waals surface area (Å²) in [5, 5.41) is 0. The fourth-order valence-electron chi connectivity index (χ4n) is 2.10. The van der Waals surface area contributed by atoms with Gasteiger partial charge in [0.15, 0.2) is 0 Å². The highest BCUT2D eigenvalue weighted by Gasteiger charge is 2.25. The third-order valence-electron chi connectivity index (χ3n) is 3.48. The average Bonchev–Trinajstić information content (AvgIpc) is 2.48. The molecule has 0 amide bonds. The summed E-state index contributed by atoms with van der Waals surface area (Å²) >= 11 is 0. The molecule has 1 heterocycles. The molecule has 0 aromatic heterocycles. The van der Waals surface area contributed by atoms with Crippen LogP contribution in [0.5, 0.6) is 5.75 Å². The Balaban J connectivity index is 2.07. The predicted octanol–water partition coefficient (Wildman–Crippen LogP) is 1.75. The van der Waals surface area contributed by atoms with E-state index < -0.39 is 10.0 Å². The minimum atomic E-state index is -3.41. The monoisotopic (exact) mass is 310 g/mol. The third kappa shape index (κ3) is 4.06. The molecule has 21 heavy (non-hydrogen) atoms. The number of hydrogen-bond donors (Lipinski definition) is 1. The maximum Gasteiger partial charge on any atom is 0.243 e. The molecule has 1 aliphatic rings. The van der Waals surface area contributed by atoms with Crippen LogP contribution in [-0.4, -0.2) is 39.0 Å². The van der Waals surface area contributed by atoms with Crippen LogP contribution in [0.4, 0.5) is 0 Å². The molecule has 1 aliphatic heterocycles. The minimum absolute atomic E-state index is 0.307. The van der Waals surface area contributed by atoms with Crippen molar-refractivity contribution in [1.29, 1.82) is 0 Å². The van der Waals surface area contributed by atoms with E-state index in [-0.39, 0.29) is 0 Å². The largest absolute Gasteiger partial charge is 0.494 e. The summed E-state index contributed by atoms with van der Waals surface area (Å²) in [7, 11) is -3.41. The van der Waals surface area contributed by atoms with Crippen molar-refractivity contribution >= 4 is 10.0 Å². The highest BCUT2D eigenvalue weighted by Crippen LogP contribution is 2.22. The lowest BCUT2D eigenvalue weighted by atomic mass is 10.1. The van der Waals surface area contributed by atoms with E-state index in [1.165, 1.54) is 9.88 Å². The Morgan fingerprint density at radius 1 is 1.29 bits per heavy atom. The number of hydrogen-bond acceptors (Lipinski definition) is 4. The molecule has 0 aliphatic carbocycles. The number of sulfonamides is 1. The average molecular weight is 310 g/mol. The summed E-state index contributed by atoms with van der Waals surface area (Å²) in [5.41, 5.74) is 6.64. The SMILES string of the molecule is CC1=CCN(S(=O)(=O)c2ccc(OCCCN)cc2)CC1. The molecule has 5 nitrogen and oxygen atoms in total. The van der Waals surface area contributed by atoms with Crippen molar-refractivity contribution in [2.75, 3.05) is 26.2 Å². The van der Waals surface area contributed by atoms with Gasteiger partial charge in [0, 0.05) is 13.1 Å². The number of rotatable bonds is 6. The van der Waals surface area contributed by atoms with Crippen LogP contribution in [0.25, 0.3) is 0 Å². The summed E-state index contributed by atoms with van der Waals surface area (Å²) in [6.07, 6.45) is 3.53. The van der Waals surface area contributed by atoms with Crippen molar-refractivity contribution in [3.8, 4) is 5.75 Å². The van der Waals surface area contributed by atoms with Crippen LogP contribution in [0, 0.1) is 0 Å². The van der Waals surface area contributed by atoms with Crippen LogP contribution in [0.1, 0.15) is 19.8 Å². The lowest BCUT2D eigenvalue weighted by molar-refractivity contribution is 0.313. The first-order chi connectivity index (χ1) is 10.0. The van der Waals surface area contributed by atoms with Crippen LogP contribution >= 0.6 is 0 Å². The topological polar surface area (TPSA) is 72.6 Å². The Morgan fingerprint density at radius 2 is 2.00 bits per heavy atom. The number of benzene rings is 1. The van der Waals surface area contributed by atoms with Gasteiger partial charge in [0.1, 0.15) is 5.75 Å². The molecular weight excluding hydrogens is 288 g/mol. The zero-order valence-corrected chi connectivity index (χ0v) is 13.1. The fraction of sp³-hybridized carbons (Fsp3) is 0.467. The first kappa shape index (κ1) is 16.0. The summed E-state index contributed by atoms with van der Waals surface area (Å²) in [4.78, 5) is 0.307.